The van der Waals surface area contributed by atoms with Gasteiger partial charge in [0.05, 0.1) is 0 Å². The van der Waals surface area contributed by atoms with Gasteiger partial charge in [0.1, 0.15) is 0 Å². The molecule has 0 radical (unpaired) electrons. The molecule has 0 saturated carbocycles. The number of benzene rings is 1. The summed E-state index contributed by atoms with van der Waals surface area (Å²) < 4.78 is 0. The van der Waals surface area contributed by atoms with E-state index in [0.717, 1.165) is 19.3 Å². The molecule has 4 heteroatoms. The molecule has 2 N–H and O–H groups in total. The second-order valence-electron chi connectivity index (χ2n) is 3.78. The molecule has 88 valence electrons. The monoisotopic (exact) mass is 222 g/mol. The zero-order valence-electron chi connectivity index (χ0n) is 9.52. The summed E-state index contributed by atoms with van der Waals surface area (Å²) >= 11 is 0. The van der Waals surface area contributed by atoms with Gasteiger partial charge in [-0.25, -0.2) is 10.3 Å². The van der Waals surface area contributed by atoms with Gasteiger partial charge >= 0.3 is 6.03 Å². The Bertz CT molecular complexity index is 314. The van der Waals surface area contributed by atoms with Gasteiger partial charge in [0.15, 0.2) is 0 Å². The summed E-state index contributed by atoms with van der Waals surface area (Å²) in [5.41, 5.74) is 2.93. The molecule has 0 spiro atoms. The summed E-state index contributed by atoms with van der Waals surface area (Å²) in [6.45, 7) is 0.652. The predicted octanol–water partition coefficient (Wildman–Crippen LogP) is 2.04. The molecule has 0 saturated heterocycles. The van der Waals surface area contributed by atoms with E-state index in [2.05, 4.69) is 12.1 Å². The lowest BCUT2D eigenvalue weighted by Crippen LogP contribution is -2.35. The van der Waals surface area contributed by atoms with Crippen molar-refractivity contribution in [2.75, 3.05) is 13.6 Å². The van der Waals surface area contributed by atoms with Gasteiger partial charge < -0.3 is 4.90 Å². The van der Waals surface area contributed by atoms with E-state index < -0.39 is 6.03 Å². The van der Waals surface area contributed by atoms with E-state index in [-0.39, 0.29) is 0 Å². The zero-order valence-corrected chi connectivity index (χ0v) is 9.52. The number of unbranched alkanes of at least 4 members (excludes halogenated alkanes) is 1. The molecular weight excluding hydrogens is 204 g/mol. The maximum Gasteiger partial charge on any atom is 0.340 e. The molecular formula is C12H18N2O2. The van der Waals surface area contributed by atoms with Crippen LogP contribution in [0.5, 0.6) is 0 Å². The van der Waals surface area contributed by atoms with Crippen LogP contribution >= 0.6 is 0 Å². The SMILES string of the molecule is CN(CCCCc1ccccc1)C(=O)NO. The Balaban J connectivity index is 2.15. The third-order valence-electron chi connectivity index (χ3n) is 2.49. The summed E-state index contributed by atoms with van der Waals surface area (Å²) in [6, 6.07) is 9.80. The number of aryl methyl sites for hydroxylation is 1. The fourth-order valence-electron chi connectivity index (χ4n) is 1.51. The first-order valence-corrected chi connectivity index (χ1v) is 5.43. The largest absolute Gasteiger partial charge is 0.340 e. The first kappa shape index (κ1) is 12.5. The third kappa shape index (κ3) is 4.31. The topological polar surface area (TPSA) is 52.6 Å². The fraction of sp³-hybridized carbons (Fsp3) is 0.417. The van der Waals surface area contributed by atoms with Crippen LogP contribution in [0.25, 0.3) is 0 Å². The Hall–Kier alpha value is -1.55. The van der Waals surface area contributed by atoms with Crippen molar-refractivity contribution < 1.29 is 10.0 Å². The first-order chi connectivity index (χ1) is 7.74. The van der Waals surface area contributed by atoms with Crippen molar-refractivity contribution in [1.82, 2.24) is 10.4 Å². The van der Waals surface area contributed by atoms with Crippen molar-refractivity contribution >= 4 is 6.03 Å². The van der Waals surface area contributed by atoms with Crippen LogP contribution in [0.2, 0.25) is 0 Å². The number of rotatable bonds is 5. The number of hydroxylamine groups is 1. The van der Waals surface area contributed by atoms with Gasteiger partial charge in [-0.3, -0.25) is 5.21 Å². The van der Waals surface area contributed by atoms with E-state index in [1.54, 1.807) is 12.5 Å². The van der Waals surface area contributed by atoms with Crippen molar-refractivity contribution in [3.8, 4) is 0 Å². The normalized spacial score (nSPS) is 9.88. The van der Waals surface area contributed by atoms with E-state index in [4.69, 9.17) is 5.21 Å². The number of amides is 2. The maximum absolute atomic E-state index is 10.9. The standard InChI is InChI=1S/C12H18N2O2/c1-14(12(15)13-16)10-6-5-9-11-7-3-2-4-8-11/h2-4,7-8,16H,5-6,9-10H2,1H3,(H,13,15). The molecule has 1 aromatic rings. The highest BCUT2D eigenvalue weighted by Crippen LogP contribution is 2.04. The Morgan fingerprint density at radius 2 is 2.00 bits per heavy atom. The van der Waals surface area contributed by atoms with Crippen LogP contribution in [-0.4, -0.2) is 29.7 Å². The van der Waals surface area contributed by atoms with Gasteiger partial charge in [-0.15, -0.1) is 0 Å². The molecule has 0 fully saturated rings. The number of nitrogens with one attached hydrogen (secondary N) is 1. The Labute approximate surface area is 95.8 Å². The Morgan fingerprint density at radius 3 is 2.62 bits per heavy atom. The van der Waals surface area contributed by atoms with Gasteiger partial charge in [-0.1, -0.05) is 30.3 Å². The average Bonchev–Trinajstić information content (AvgIpc) is 2.34. The van der Waals surface area contributed by atoms with E-state index in [0.29, 0.717) is 6.54 Å². The van der Waals surface area contributed by atoms with Crippen LogP contribution in [0.3, 0.4) is 0 Å². The van der Waals surface area contributed by atoms with Crippen LogP contribution in [0.1, 0.15) is 18.4 Å². The van der Waals surface area contributed by atoms with Gasteiger partial charge in [-0.2, -0.15) is 0 Å². The molecule has 0 atom stereocenters. The molecule has 0 aliphatic rings. The molecule has 4 nitrogen and oxygen atoms in total. The Kier molecular flexibility index (Phi) is 5.36. The molecule has 0 aromatic heterocycles. The number of urea groups is 1. The number of carbonyl (C=O) groups is 1. The highest BCUT2D eigenvalue weighted by Gasteiger charge is 2.05. The van der Waals surface area contributed by atoms with Gasteiger partial charge in [0, 0.05) is 13.6 Å². The summed E-state index contributed by atoms with van der Waals surface area (Å²) in [5, 5.41) is 8.40. The number of carbonyl (C=O) groups excluding carboxylic acids is 1. The maximum atomic E-state index is 10.9. The third-order valence-corrected chi connectivity index (χ3v) is 2.49. The van der Waals surface area contributed by atoms with E-state index >= 15 is 0 Å². The van der Waals surface area contributed by atoms with E-state index in [9.17, 15) is 4.79 Å². The van der Waals surface area contributed by atoms with Crippen LogP contribution < -0.4 is 5.48 Å². The van der Waals surface area contributed by atoms with Gasteiger partial charge in [0.25, 0.3) is 0 Å². The molecule has 0 heterocycles. The van der Waals surface area contributed by atoms with Crippen molar-refractivity contribution in [2.24, 2.45) is 0 Å². The average molecular weight is 222 g/mol. The molecule has 0 bridgehead atoms. The van der Waals surface area contributed by atoms with E-state index in [1.165, 1.54) is 10.5 Å². The lowest BCUT2D eigenvalue weighted by atomic mass is 10.1. The lowest BCUT2D eigenvalue weighted by molar-refractivity contribution is 0.136. The minimum Gasteiger partial charge on any atom is -0.326 e. The molecule has 16 heavy (non-hydrogen) atoms. The number of nitrogens with zero attached hydrogens (tertiary/aromatic N) is 1. The molecule has 2 amide bonds. The highest BCUT2D eigenvalue weighted by atomic mass is 16.5. The summed E-state index contributed by atoms with van der Waals surface area (Å²) in [6.07, 6.45) is 2.99. The molecule has 0 aliphatic carbocycles. The number of hydrogen-bond donors (Lipinski definition) is 2. The van der Waals surface area contributed by atoms with E-state index in [1.807, 2.05) is 18.2 Å². The second-order valence-corrected chi connectivity index (χ2v) is 3.78. The van der Waals surface area contributed by atoms with Crippen LogP contribution in [0.4, 0.5) is 4.79 Å². The molecule has 1 rings (SSSR count). The van der Waals surface area contributed by atoms with Crippen LogP contribution in [0, 0.1) is 0 Å². The number of hydrogen-bond acceptors (Lipinski definition) is 2. The summed E-state index contributed by atoms with van der Waals surface area (Å²) in [4.78, 5) is 12.4. The van der Waals surface area contributed by atoms with Crippen LogP contribution in [-0.2, 0) is 6.42 Å². The molecule has 1 aromatic carbocycles. The van der Waals surface area contributed by atoms with Crippen molar-refractivity contribution in [1.29, 1.82) is 0 Å². The second kappa shape index (κ2) is 6.85. The zero-order chi connectivity index (χ0) is 11.8. The lowest BCUT2D eigenvalue weighted by Gasteiger charge is -2.15. The highest BCUT2D eigenvalue weighted by molar-refractivity contribution is 5.72. The summed E-state index contributed by atoms with van der Waals surface area (Å²) in [7, 11) is 1.66. The van der Waals surface area contributed by atoms with Crippen molar-refractivity contribution in [3.63, 3.8) is 0 Å². The minimum absolute atomic E-state index is 0.459. The van der Waals surface area contributed by atoms with Crippen LogP contribution in [0.15, 0.2) is 30.3 Å². The predicted molar refractivity (Wildman–Crippen MR) is 62.3 cm³/mol. The van der Waals surface area contributed by atoms with Crippen molar-refractivity contribution in [3.05, 3.63) is 35.9 Å². The molecule has 0 aliphatic heterocycles. The Morgan fingerprint density at radius 1 is 1.31 bits per heavy atom. The van der Waals surface area contributed by atoms with Gasteiger partial charge in [-0.05, 0) is 24.8 Å². The van der Waals surface area contributed by atoms with Gasteiger partial charge in [0.2, 0.25) is 0 Å². The van der Waals surface area contributed by atoms with Crippen molar-refractivity contribution in [2.45, 2.75) is 19.3 Å². The molecule has 0 unspecified atom stereocenters. The first-order valence-electron chi connectivity index (χ1n) is 5.43. The summed E-state index contributed by atoms with van der Waals surface area (Å²) in [5.74, 6) is 0. The quantitative estimate of drug-likeness (QED) is 0.455. The smallest absolute Gasteiger partial charge is 0.326 e. The minimum atomic E-state index is -0.459. The fourth-order valence-corrected chi connectivity index (χ4v) is 1.51.